The third kappa shape index (κ3) is 44.5. The molecular formula is C47H83O8P. The van der Waals surface area contributed by atoms with Gasteiger partial charge in [0.05, 0.1) is 6.61 Å². The number of hydrogen-bond acceptors (Lipinski definition) is 6. The summed E-state index contributed by atoms with van der Waals surface area (Å²) < 4.78 is 26.4. The quantitative estimate of drug-likeness (QED) is 0.0271. The van der Waals surface area contributed by atoms with Gasteiger partial charge in [-0.25, -0.2) is 4.57 Å². The van der Waals surface area contributed by atoms with E-state index in [1.807, 2.05) is 0 Å². The number of phosphoric acid groups is 1. The van der Waals surface area contributed by atoms with Crippen LogP contribution in [0.5, 0.6) is 0 Å². The van der Waals surface area contributed by atoms with Crippen LogP contribution >= 0.6 is 7.82 Å². The van der Waals surface area contributed by atoms with Gasteiger partial charge in [0, 0.05) is 12.8 Å². The molecule has 8 nitrogen and oxygen atoms in total. The molecule has 0 aromatic heterocycles. The molecule has 0 aliphatic heterocycles. The Bertz CT molecular complexity index is 1090. The Hall–Kier alpha value is -2.25. The van der Waals surface area contributed by atoms with Gasteiger partial charge in [0.2, 0.25) is 0 Å². The predicted octanol–water partition coefficient (Wildman–Crippen LogP) is 14.1. The fourth-order valence-corrected chi connectivity index (χ4v) is 6.48. The molecule has 0 saturated heterocycles. The van der Waals surface area contributed by atoms with Crippen LogP contribution < -0.4 is 0 Å². The van der Waals surface area contributed by atoms with Gasteiger partial charge in [-0.05, 0) is 83.5 Å². The van der Waals surface area contributed by atoms with E-state index < -0.39 is 32.5 Å². The van der Waals surface area contributed by atoms with Gasteiger partial charge < -0.3 is 19.3 Å². The number of rotatable bonds is 41. The Morgan fingerprint density at radius 2 is 0.804 bits per heavy atom. The largest absolute Gasteiger partial charge is 0.469 e. The Labute approximate surface area is 343 Å². The highest BCUT2D eigenvalue weighted by Crippen LogP contribution is 2.36. The number of unbranched alkanes of at least 4 members (excludes halogenated alkanes) is 21. The summed E-state index contributed by atoms with van der Waals surface area (Å²) in [7, 11) is -4.77. The minimum Gasteiger partial charge on any atom is -0.462 e. The molecule has 0 aliphatic rings. The molecule has 0 heterocycles. The van der Waals surface area contributed by atoms with Gasteiger partial charge in [0.1, 0.15) is 6.61 Å². The Morgan fingerprint density at radius 3 is 1.27 bits per heavy atom. The second-order valence-electron chi connectivity index (χ2n) is 15.0. The normalized spacial score (nSPS) is 13.0. The summed E-state index contributed by atoms with van der Waals surface area (Å²) in [4.78, 5) is 42.9. The van der Waals surface area contributed by atoms with Crippen molar-refractivity contribution in [1.82, 2.24) is 0 Å². The van der Waals surface area contributed by atoms with E-state index in [2.05, 4.69) is 79.1 Å². The minimum absolute atomic E-state index is 0.172. The van der Waals surface area contributed by atoms with Crippen molar-refractivity contribution in [2.75, 3.05) is 13.2 Å². The summed E-state index contributed by atoms with van der Waals surface area (Å²) in [5.74, 6) is -0.922. The lowest BCUT2D eigenvalue weighted by atomic mass is 10.1. The molecule has 0 aliphatic carbocycles. The number of phosphoric ester groups is 1. The lowest BCUT2D eigenvalue weighted by Crippen LogP contribution is -2.29. The topological polar surface area (TPSA) is 119 Å². The minimum atomic E-state index is -4.77. The average Bonchev–Trinajstić information content (AvgIpc) is 3.17. The van der Waals surface area contributed by atoms with E-state index in [0.29, 0.717) is 12.8 Å². The van der Waals surface area contributed by atoms with Gasteiger partial charge in [-0.15, -0.1) is 0 Å². The Balaban J connectivity index is 3.96. The van der Waals surface area contributed by atoms with Gasteiger partial charge >= 0.3 is 19.8 Å². The SMILES string of the molecule is CCCCC/C=C/C/C=C/C/C=C/C/C=C/CCCCCC(=O)O[C@H](COC(=O)CCCCCCCCCCC/C=C/CCCCCCCC)COP(=O)(O)O. The van der Waals surface area contributed by atoms with Crippen LogP contribution in [0.3, 0.4) is 0 Å². The van der Waals surface area contributed by atoms with Crippen molar-refractivity contribution in [3.05, 3.63) is 60.8 Å². The summed E-state index contributed by atoms with van der Waals surface area (Å²) in [5, 5.41) is 0. The highest BCUT2D eigenvalue weighted by molar-refractivity contribution is 7.46. The summed E-state index contributed by atoms with van der Waals surface area (Å²) in [6, 6.07) is 0. The molecule has 324 valence electrons. The fraction of sp³-hybridized carbons (Fsp3) is 0.745. The van der Waals surface area contributed by atoms with Crippen LogP contribution in [-0.4, -0.2) is 41.0 Å². The van der Waals surface area contributed by atoms with Gasteiger partial charge in [0.25, 0.3) is 0 Å². The van der Waals surface area contributed by atoms with Crippen molar-refractivity contribution in [3.8, 4) is 0 Å². The second kappa shape index (κ2) is 42.4. The van der Waals surface area contributed by atoms with Gasteiger partial charge in [-0.3, -0.25) is 14.1 Å². The second-order valence-corrected chi connectivity index (χ2v) is 16.3. The van der Waals surface area contributed by atoms with E-state index in [1.54, 1.807) is 0 Å². The number of allylic oxidation sites excluding steroid dienone is 10. The molecule has 0 aromatic rings. The molecule has 0 saturated carbocycles. The zero-order chi connectivity index (χ0) is 41.1. The molecule has 0 rings (SSSR count). The van der Waals surface area contributed by atoms with Crippen molar-refractivity contribution in [2.45, 2.75) is 213 Å². The van der Waals surface area contributed by atoms with Crippen molar-refractivity contribution < 1.29 is 37.9 Å². The van der Waals surface area contributed by atoms with Crippen LogP contribution in [0.15, 0.2) is 60.8 Å². The first-order chi connectivity index (χ1) is 27.3. The van der Waals surface area contributed by atoms with Crippen LogP contribution in [0.1, 0.15) is 206 Å². The number of ether oxygens (including phenoxy) is 2. The predicted molar refractivity (Wildman–Crippen MR) is 234 cm³/mol. The molecule has 0 aromatic carbocycles. The smallest absolute Gasteiger partial charge is 0.462 e. The number of hydrogen-bond donors (Lipinski definition) is 2. The fourth-order valence-electron chi connectivity index (χ4n) is 6.12. The maximum absolute atomic E-state index is 12.4. The van der Waals surface area contributed by atoms with Gasteiger partial charge in [0.15, 0.2) is 6.10 Å². The van der Waals surface area contributed by atoms with E-state index >= 15 is 0 Å². The van der Waals surface area contributed by atoms with Gasteiger partial charge in [-0.1, -0.05) is 171 Å². The molecule has 0 radical (unpaired) electrons. The zero-order valence-electron chi connectivity index (χ0n) is 35.8. The van der Waals surface area contributed by atoms with Crippen LogP contribution in [0.4, 0.5) is 0 Å². The first-order valence-corrected chi connectivity index (χ1v) is 24.1. The van der Waals surface area contributed by atoms with Crippen molar-refractivity contribution in [1.29, 1.82) is 0 Å². The highest BCUT2D eigenvalue weighted by atomic mass is 31.2. The van der Waals surface area contributed by atoms with Crippen molar-refractivity contribution in [2.24, 2.45) is 0 Å². The molecule has 0 fully saturated rings. The first-order valence-electron chi connectivity index (χ1n) is 22.6. The molecule has 9 heteroatoms. The van der Waals surface area contributed by atoms with E-state index in [9.17, 15) is 14.2 Å². The first kappa shape index (κ1) is 53.8. The lowest BCUT2D eigenvalue weighted by molar-refractivity contribution is -0.161. The van der Waals surface area contributed by atoms with Crippen LogP contribution in [0.25, 0.3) is 0 Å². The van der Waals surface area contributed by atoms with Crippen LogP contribution in [0, 0.1) is 0 Å². The molecular weight excluding hydrogens is 723 g/mol. The van der Waals surface area contributed by atoms with Crippen LogP contribution in [-0.2, 0) is 28.2 Å². The molecule has 56 heavy (non-hydrogen) atoms. The highest BCUT2D eigenvalue weighted by Gasteiger charge is 2.22. The maximum atomic E-state index is 12.4. The summed E-state index contributed by atoms with van der Waals surface area (Å²) in [6.07, 6.45) is 53.7. The molecule has 1 atom stereocenters. The molecule has 0 bridgehead atoms. The van der Waals surface area contributed by atoms with Crippen molar-refractivity contribution in [3.63, 3.8) is 0 Å². The lowest BCUT2D eigenvalue weighted by Gasteiger charge is -2.18. The average molecular weight is 807 g/mol. The van der Waals surface area contributed by atoms with Crippen LogP contribution in [0.2, 0.25) is 0 Å². The monoisotopic (exact) mass is 807 g/mol. The van der Waals surface area contributed by atoms with E-state index in [1.165, 1.54) is 109 Å². The van der Waals surface area contributed by atoms with E-state index in [0.717, 1.165) is 57.8 Å². The number of esters is 2. The third-order valence-corrected chi connectivity index (χ3v) is 9.99. The Kier molecular flexibility index (Phi) is 40.7. The standard InChI is InChI=1S/C47H83O8P/c1-3-5-7-9-11-13-15-17-19-21-23-25-27-29-31-33-35-37-39-41-46(48)53-43-45(44-54-56(50,51)52)55-47(49)42-40-38-36-34-32-30-28-26-24-22-20-18-16-14-12-10-8-6-4-2/h12,14,17-20,24,26,30,32,45H,3-11,13,15-16,21-23,25,27-29,31,33-44H2,1-2H3,(H2,50,51,52)/b14-12+,19-17+,20-18+,26-24+,32-30+/t45-/m1/s1. The molecule has 0 spiro atoms. The number of carbonyl (C=O) groups is 2. The molecule has 0 unspecified atom stereocenters. The number of carbonyl (C=O) groups excluding carboxylic acids is 2. The summed E-state index contributed by atoms with van der Waals surface area (Å²) in [6.45, 7) is 3.64. The zero-order valence-corrected chi connectivity index (χ0v) is 36.7. The van der Waals surface area contributed by atoms with Crippen molar-refractivity contribution >= 4 is 19.8 Å². The summed E-state index contributed by atoms with van der Waals surface area (Å²) >= 11 is 0. The van der Waals surface area contributed by atoms with Gasteiger partial charge in [-0.2, -0.15) is 0 Å². The summed E-state index contributed by atoms with van der Waals surface area (Å²) in [5.41, 5.74) is 0. The molecule has 2 N–H and O–H groups in total. The van der Waals surface area contributed by atoms with E-state index in [-0.39, 0.29) is 19.4 Å². The molecule has 0 amide bonds. The Morgan fingerprint density at radius 1 is 0.464 bits per heavy atom. The maximum Gasteiger partial charge on any atom is 0.469 e. The van der Waals surface area contributed by atoms with E-state index in [4.69, 9.17) is 19.3 Å². The third-order valence-electron chi connectivity index (χ3n) is 9.51.